The van der Waals surface area contributed by atoms with Gasteiger partial charge in [0.25, 0.3) is 0 Å². The average Bonchev–Trinajstić information content (AvgIpc) is 3.35. The zero-order chi connectivity index (χ0) is 27.2. The molecule has 1 N–H and O–H groups in total. The van der Waals surface area contributed by atoms with Crippen molar-refractivity contribution in [2.75, 3.05) is 11.9 Å². The van der Waals surface area contributed by atoms with Gasteiger partial charge in [-0.15, -0.1) is 5.10 Å². The molecule has 2 aromatic carbocycles. The van der Waals surface area contributed by atoms with E-state index < -0.39 is 6.04 Å². The summed E-state index contributed by atoms with van der Waals surface area (Å²) in [5, 5.41) is 9.47. The van der Waals surface area contributed by atoms with Gasteiger partial charge < -0.3 is 14.8 Å². The number of rotatable bonds is 10. The lowest BCUT2D eigenvalue weighted by Crippen LogP contribution is -2.32. The summed E-state index contributed by atoms with van der Waals surface area (Å²) in [6, 6.07) is 15.2. The van der Waals surface area contributed by atoms with Gasteiger partial charge in [0.15, 0.2) is 0 Å². The average molecular weight is 567 g/mol. The standard InChI is InChI=1S/C30H35ClN4O3S/c1-3-4-18-37-23-16-14-21(15-17-23)27-26(28(36)38-24-11-6-5-7-12-24)20(2)32-29-33-30(34-35(27)29)39-19-22-10-8-9-13-25(22)31/h8-10,13-17,24,27H,3-7,11-12,18-19H2,1-2H3,(H,32,33,34). The quantitative estimate of drug-likeness (QED) is 0.154. The zero-order valence-electron chi connectivity index (χ0n) is 22.5. The van der Waals surface area contributed by atoms with Crippen LogP contribution in [-0.4, -0.2) is 33.4 Å². The summed E-state index contributed by atoms with van der Waals surface area (Å²) in [5.41, 5.74) is 3.22. The number of hydrogen-bond acceptors (Lipinski definition) is 7. The van der Waals surface area contributed by atoms with Crippen LogP contribution in [0.3, 0.4) is 0 Å². The number of allylic oxidation sites excluding steroid dienone is 1. The van der Waals surface area contributed by atoms with Crippen molar-refractivity contribution in [3.05, 3.63) is 76.0 Å². The molecule has 2 aliphatic rings. The molecule has 1 aliphatic heterocycles. The van der Waals surface area contributed by atoms with Crippen LogP contribution in [0.15, 0.2) is 65.0 Å². The van der Waals surface area contributed by atoms with Crippen LogP contribution in [0.1, 0.15) is 76.0 Å². The molecule has 3 aromatic rings. The number of unbranched alkanes of at least 4 members (excludes halogenated alkanes) is 1. The van der Waals surface area contributed by atoms with Gasteiger partial charge in [-0.2, -0.15) is 4.98 Å². The van der Waals surface area contributed by atoms with E-state index in [0.29, 0.717) is 29.0 Å². The molecule has 7 nitrogen and oxygen atoms in total. The van der Waals surface area contributed by atoms with Crippen molar-refractivity contribution in [3.63, 3.8) is 0 Å². The molecule has 0 bridgehead atoms. The Bertz CT molecular complexity index is 1320. The van der Waals surface area contributed by atoms with E-state index in [1.165, 1.54) is 18.2 Å². The first kappa shape index (κ1) is 27.6. The Labute approximate surface area is 239 Å². The molecule has 1 fully saturated rings. The lowest BCUT2D eigenvalue weighted by molar-refractivity contribution is -0.146. The molecule has 0 amide bonds. The van der Waals surface area contributed by atoms with Gasteiger partial charge in [0.1, 0.15) is 17.9 Å². The second kappa shape index (κ2) is 12.9. The van der Waals surface area contributed by atoms with Crippen molar-refractivity contribution in [2.24, 2.45) is 0 Å². The van der Waals surface area contributed by atoms with Crippen molar-refractivity contribution in [1.82, 2.24) is 14.8 Å². The number of carbonyl (C=O) groups is 1. The van der Waals surface area contributed by atoms with Gasteiger partial charge in [-0.05, 0) is 68.4 Å². The number of anilines is 1. The van der Waals surface area contributed by atoms with E-state index in [2.05, 4.69) is 12.2 Å². The van der Waals surface area contributed by atoms with Gasteiger partial charge >= 0.3 is 5.97 Å². The van der Waals surface area contributed by atoms with Gasteiger partial charge in [0.2, 0.25) is 11.1 Å². The SMILES string of the molecule is CCCCOc1ccc(C2C(C(=O)OC3CCCCC3)=C(C)Nc3nc(SCc4ccccc4Cl)nn32)cc1. The van der Waals surface area contributed by atoms with Crippen LogP contribution in [0, 0.1) is 0 Å². The highest BCUT2D eigenvalue weighted by Gasteiger charge is 2.36. The Balaban J connectivity index is 1.43. The highest BCUT2D eigenvalue weighted by molar-refractivity contribution is 7.98. The van der Waals surface area contributed by atoms with Gasteiger partial charge in [0.05, 0.1) is 12.2 Å². The molecule has 1 aliphatic carbocycles. The molecule has 206 valence electrons. The number of aromatic nitrogens is 3. The summed E-state index contributed by atoms with van der Waals surface area (Å²) in [5.74, 6) is 1.74. The fourth-order valence-electron chi connectivity index (χ4n) is 5.00. The number of thioether (sulfide) groups is 1. The van der Waals surface area contributed by atoms with Gasteiger partial charge in [-0.3, -0.25) is 0 Å². The van der Waals surface area contributed by atoms with Crippen molar-refractivity contribution in [3.8, 4) is 5.75 Å². The number of esters is 1. The topological polar surface area (TPSA) is 78.3 Å². The molecule has 1 aromatic heterocycles. The number of ether oxygens (including phenoxy) is 2. The van der Waals surface area contributed by atoms with Crippen LogP contribution in [0.4, 0.5) is 5.95 Å². The fourth-order valence-corrected chi connectivity index (χ4v) is 6.12. The maximum absolute atomic E-state index is 13.6. The highest BCUT2D eigenvalue weighted by Crippen LogP contribution is 2.38. The molecule has 2 heterocycles. The van der Waals surface area contributed by atoms with E-state index in [1.807, 2.05) is 55.5 Å². The van der Waals surface area contributed by atoms with E-state index in [4.69, 9.17) is 31.2 Å². The van der Waals surface area contributed by atoms with Crippen LogP contribution < -0.4 is 10.1 Å². The summed E-state index contributed by atoms with van der Waals surface area (Å²) in [7, 11) is 0. The number of nitrogens with one attached hydrogen (secondary N) is 1. The Morgan fingerprint density at radius 2 is 1.90 bits per heavy atom. The maximum atomic E-state index is 13.6. The first-order valence-electron chi connectivity index (χ1n) is 13.8. The van der Waals surface area contributed by atoms with Crippen LogP contribution in [0.2, 0.25) is 5.02 Å². The third-order valence-corrected chi connectivity index (χ3v) is 8.41. The van der Waals surface area contributed by atoms with Crippen molar-refractivity contribution < 1.29 is 14.3 Å². The van der Waals surface area contributed by atoms with Crippen molar-refractivity contribution in [1.29, 1.82) is 0 Å². The van der Waals surface area contributed by atoms with E-state index in [9.17, 15) is 4.79 Å². The molecule has 5 rings (SSSR count). The molecule has 0 radical (unpaired) electrons. The number of hydrogen-bond donors (Lipinski definition) is 1. The normalized spacial score (nSPS) is 17.5. The fraction of sp³-hybridized carbons (Fsp3) is 0.433. The lowest BCUT2D eigenvalue weighted by Gasteiger charge is -2.30. The Morgan fingerprint density at radius 1 is 1.13 bits per heavy atom. The van der Waals surface area contributed by atoms with Crippen molar-refractivity contribution in [2.45, 2.75) is 81.8 Å². The third-order valence-electron chi connectivity index (χ3n) is 7.16. The monoisotopic (exact) mass is 566 g/mol. The van der Waals surface area contributed by atoms with E-state index in [0.717, 1.165) is 66.1 Å². The molecular weight excluding hydrogens is 532 g/mol. The molecule has 1 atom stereocenters. The summed E-state index contributed by atoms with van der Waals surface area (Å²) < 4.78 is 13.7. The summed E-state index contributed by atoms with van der Waals surface area (Å²) >= 11 is 7.87. The number of fused-ring (bicyclic) bond motifs is 1. The molecule has 39 heavy (non-hydrogen) atoms. The number of benzene rings is 2. The highest BCUT2D eigenvalue weighted by atomic mass is 35.5. The maximum Gasteiger partial charge on any atom is 0.338 e. The second-order valence-electron chi connectivity index (χ2n) is 10.0. The van der Waals surface area contributed by atoms with E-state index >= 15 is 0 Å². The van der Waals surface area contributed by atoms with Crippen LogP contribution in [-0.2, 0) is 15.3 Å². The first-order valence-corrected chi connectivity index (χ1v) is 15.1. The molecule has 9 heteroatoms. The molecule has 1 unspecified atom stereocenters. The third kappa shape index (κ3) is 6.61. The predicted octanol–water partition coefficient (Wildman–Crippen LogP) is 7.57. The minimum Gasteiger partial charge on any atom is -0.494 e. The summed E-state index contributed by atoms with van der Waals surface area (Å²) in [6.07, 6.45) is 7.26. The zero-order valence-corrected chi connectivity index (χ0v) is 24.1. The van der Waals surface area contributed by atoms with E-state index in [1.54, 1.807) is 4.68 Å². The Morgan fingerprint density at radius 3 is 2.64 bits per heavy atom. The second-order valence-corrected chi connectivity index (χ2v) is 11.4. The van der Waals surface area contributed by atoms with Crippen molar-refractivity contribution >= 4 is 35.3 Å². The molecular formula is C30H35ClN4O3S. The van der Waals surface area contributed by atoms with Crippen LogP contribution in [0.25, 0.3) is 0 Å². The van der Waals surface area contributed by atoms with Gasteiger partial charge in [-0.25, -0.2) is 9.48 Å². The van der Waals surface area contributed by atoms with Crippen LogP contribution in [0.5, 0.6) is 5.75 Å². The minimum atomic E-state index is -0.468. The Hall–Kier alpha value is -2.97. The first-order chi connectivity index (χ1) is 19.0. The lowest BCUT2D eigenvalue weighted by atomic mass is 9.95. The molecule has 0 saturated heterocycles. The summed E-state index contributed by atoms with van der Waals surface area (Å²) in [6.45, 7) is 4.73. The molecule has 0 spiro atoms. The minimum absolute atomic E-state index is 0.0413. The largest absolute Gasteiger partial charge is 0.494 e. The van der Waals surface area contributed by atoms with Gasteiger partial charge in [-0.1, -0.05) is 73.5 Å². The molecule has 1 saturated carbocycles. The number of nitrogens with zero attached hydrogens (tertiary/aromatic N) is 3. The summed E-state index contributed by atoms with van der Waals surface area (Å²) in [4.78, 5) is 18.4. The number of halogens is 1. The Kier molecular flexibility index (Phi) is 9.14. The number of carbonyl (C=O) groups excluding carboxylic acids is 1. The van der Waals surface area contributed by atoms with Gasteiger partial charge in [0, 0.05) is 16.5 Å². The van der Waals surface area contributed by atoms with E-state index in [-0.39, 0.29) is 12.1 Å². The van der Waals surface area contributed by atoms with Crippen LogP contribution >= 0.6 is 23.4 Å². The smallest absolute Gasteiger partial charge is 0.338 e. The predicted molar refractivity (Wildman–Crippen MR) is 155 cm³/mol.